The first-order valence-electron chi connectivity index (χ1n) is 6.89. The molecular weight excluding hydrogens is 272 g/mol. The summed E-state index contributed by atoms with van der Waals surface area (Å²) in [5.74, 6) is -0.705. The van der Waals surface area contributed by atoms with Gasteiger partial charge in [-0.3, -0.25) is 9.59 Å². The number of carbonyl (C=O) groups excluding carboxylic acids is 1. The van der Waals surface area contributed by atoms with Gasteiger partial charge in [0.25, 0.3) is 0 Å². The summed E-state index contributed by atoms with van der Waals surface area (Å²) in [7, 11) is 0. The third-order valence-electron chi connectivity index (χ3n) is 3.02. The van der Waals surface area contributed by atoms with Crippen molar-refractivity contribution in [2.45, 2.75) is 26.3 Å². The SMILES string of the molecule is CCN(CCOc1cccc(C)c1)C(=O)[C@@H](N)CC(=O)O. The van der Waals surface area contributed by atoms with Gasteiger partial charge in [0.05, 0.1) is 19.0 Å². The molecule has 3 N–H and O–H groups in total. The molecule has 1 aromatic rings. The number of aryl methyl sites for hydroxylation is 1. The molecule has 6 nitrogen and oxygen atoms in total. The number of ether oxygens (including phenoxy) is 1. The Hall–Kier alpha value is -2.08. The quantitative estimate of drug-likeness (QED) is 0.747. The summed E-state index contributed by atoms with van der Waals surface area (Å²) in [4.78, 5) is 24.1. The fourth-order valence-electron chi connectivity index (χ4n) is 1.91. The van der Waals surface area contributed by atoms with Gasteiger partial charge in [0.15, 0.2) is 0 Å². The number of amides is 1. The van der Waals surface area contributed by atoms with Crippen molar-refractivity contribution >= 4 is 11.9 Å². The minimum atomic E-state index is -1.08. The van der Waals surface area contributed by atoms with Crippen molar-refractivity contribution in [2.24, 2.45) is 5.73 Å². The van der Waals surface area contributed by atoms with Crippen LogP contribution >= 0.6 is 0 Å². The van der Waals surface area contributed by atoms with E-state index < -0.39 is 12.0 Å². The molecule has 0 heterocycles. The number of likely N-dealkylation sites (N-methyl/N-ethyl adjacent to an activating group) is 1. The lowest BCUT2D eigenvalue weighted by molar-refractivity contribution is -0.142. The Morgan fingerprint density at radius 1 is 1.43 bits per heavy atom. The molecular formula is C15H22N2O4. The molecule has 21 heavy (non-hydrogen) atoms. The summed E-state index contributed by atoms with van der Waals surface area (Å²) in [5, 5.41) is 8.66. The highest BCUT2D eigenvalue weighted by atomic mass is 16.5. The third kappa shape index (κ3) is 5.83. The maximum Gasteiger partial charge on any atom is 0.305 e. The lowest BCUT2D eigenvalue weighted by atomic mass is 10.2. The van der Waals surface area contributed by atoms with Crippen LogP contribution < -0.4 is 10.5 Å². The van der Waals surface area contributed by atoms with Crippen molar-refractivity contribution in [3.05, 3.63) is 29.8 Å². The van der Waals surface area contributed by atoms with Gasteiger partial charge >= 0.3 is 5.97 Å². The molecule has 1 aromatic carbocycles. The van der Waals surface area contributed by atoms with E-state index >= 15 is 0 Å². The monoisotopic (exact) mass is 294 g/mol. The molecule has 0 aliphatic carbocycles. The minimum Gasteiger partial charge on any atom is -0.492 e. The maximum atomic E-state index is 12.0. The smallest absolute Gasteiger partial charge is 0.305 e. The number of aliphatic carboxylic acids is 1. The van der Waals surface area contributed by atoms with Crippen LogP contribution in [0, 0.1) is 6.92 Å². The highest BCUT2D eigenvalue weighted by Gasteiger charge is 2.22. The molecule has 0 aliphatic rings. The largest absolute Gasteiger partial charge is 0.492 e. The van der Waals surface area contributed by atoms with E-state index in [0.29, 0.717) is 19.7 Å². The zero-order valence-corrected chi connectivity index (χ0v) is 12.4. The van der Waals surface area contributed by atoms with Crippen LogP contribution in [-0.2, 0) is 9.59 Å². The van der Waals surface area contributed by atoms with E-state index in [4.69, 9.17) is 15.6 Å². The first-order valence-corrected chi connectivity index (χ1v) is 6.89. The molecule has 1 atom stereocenters. The first kappa shape index (κ1) is 17.0. The molecule has 0 unspecified atom stereocenters. The average Bonchev–Trinajstić information content (AvgIpc) is 2.42. The van der Waals surface area contributed by atoms with Crippen LogP contribution in [0.25, 0.3) is 0 Å². The van der Waals surface area contributed by atoms with Crippen LogP contribution in [-0.4, -0.2) is 47.6 Å². The molecule has 116 valence electrons. The predicted molar refractivity (Wildman–Crippen MR) is 79.2 cm³/mol. The molecule has 6 heteroatoms. The van der Waals surface area contributed by atoms with Gasteiger partial charge in [-0.25, -0.2) is 0 Å². The molecule has 0 bridgehead atoms. The second-order valence-electron chi connectivity index (χ2n) is 4.79. The average molecular weight is 294 g/mol. The Bertz CT molecular complexity index is 490. The number of rotatable bonds is 8. The fourth-order valence-corrected chi connectivity index (χ4v) is 1.91. The van der Waals surface area contributed by atoms with Crippen LogP contribution in [0.15, 0.2) is 24.3 Å². The van der Waals surface area contributed by atoms with Crippen LogP contribution in [0.2, 0.25) is 0 Å². The second kappa shape index (κ2) is 8.26. The van der Waals surface area contributed by atoms with E-state index in [2.05, 4.69) is 0 Å². The van der Waals surface area contributed by atoms with Crippen molar-refractivity contribution in [3.63, 3.8) is 0 Å². The highest BCUT2D eigenvalue weighted by molar-refractivity contribution is 5.85. The molecule has 0 aliphatic heterocycles. The molecule has 0 saturated carbocycles. The zero-order chi connectivity index (χ0) is 15.8. The van der Waals surface area contributed by atoms with Gasteiger partial charge in [0.2, 0.25) is 5.91 Å². The summed E-state index contributed by atoms with van der Waals surface area (Å²) in [6, 6.07) is 6.62. The second-order valence-corrected chi connectivity index (χ2v) is 4.79. The van der Waals surface area contributed by atoms with Crippen molar-refractivity contribution in [1.29, 1.82) is 0 Å². The Kier molecular flexibility index (Phi) is 6.68. The van der Waals surface area contributed by atoms with Gasteiger partial charge in [-0.1, -0.05) is 12.1 Å². The summed E-state index contributed by atoms with van der Waals surface area (Å²) in [6.45, 7) is 4.96. The van der Waals surface area contributed by atoms with E-state index in [1.807, 2.05) is 38.1 Å². The number of carbonyl (C=O) groups is 2. The molecule has 1 rings (SSSR count). The Morgan fingerprint density at radius 2 is 2.14 bits per heavy atom. The van der Waals surface area contributed by atoms with Crippen LogP contribution in [0.5, 0.6) is 5.75 Å². The Morgan fingerprint density at radius 3 is 2.71 bits per heavy atom. The molecule has 0 fully saturated rings. The van der Waals surface area contributed by atoms with Crippen molar-refractivity contribution in [2.75, 3.05) is 19.7 Å². The Balaban J connectivity index is 2.47. The summed E-state index contributed by atoms with van der Waals surface area (Å²) in [6.07, 6.45) is -0.367. The van der Waals surface area contributed by atoms with Crippen molar-refractivity contribution < 1.29 is 19.4 Å². The van der Waals surface area contributed by atoms with E-state index in [0.717, 1.165) is 11.3 Å². The van der Waals surface area contributed by atoms with Gasteiger partial charge in [-0.2, -0.15) is 0 Å². The normalized spacial score (nSPS) is 11.8. The lowest BCUT2D eigenvalue weighted by Gasteiger charge is -2.23. The van der Waals surface area contributed by atoms with Crippen LogP contribution in [0.3, 0.4) is 0 Å². The third-order valence-corrected chi connectivity index (χ3v) is 3.02. The number of carboxylic acid groups (broad SMARTS) is 1. The minimum absolute atomic E-state index is 0.336. The molecule has 0 spiro atoms. The highest BCUT2D eigenvalue weighted by Crippen LogP contribution is 2.12. The van der Waals surface area contributed by atoms with E-state index in [9.17, 15) is 9.59 Å². The number of carboxylic acids is 1. The van der Waals surface area contributed by atoms with Crippen molar-refractivity contribution in [3.8, 4) is 5.75 Å². The van der Waals surface area contributed by atoms with Gasteiger partial charge in [0, 0.05) is 6.54 Å². The van der Waals surface area contributed by atoms with E-state index in [1.165, 1.54) is 4.90 Å². The topological polar surface area (TPSA) is 92.9 Å². The van der Waals surface area contributed by atoms with Crippen LogP contribution in [0.1, 0.15) is 18.9 Å². The molecule has 1 amide bonds. The first-order chi connectivity index (χ1) is 9.93. The summed E-state index contributed by atoms with van der Waals surface area (Å²) < 4.78 is 5.58. The fraction of sp³-hybridized carbons (Fsp3) is 0.467. The van der Waals surface area contributed by atoms with E-state index in [1.54, 1.807) is 0 Å². The molecule has 0 aromatic heterocycles. The standard InChI is InChI=1S/C15H22N2O4/c1-3-17(15(20)13(16)10-14(18)19)7-8-21-12-6-4-5-11(2)9-12/h4-6,9,13H,3,7-8,10,16H2,1-2H3,(H,18,19)/t13-/m0/s1. The van der Waals surface area contributed by atoms with Gasteiger partial charge in [0.1, 0.15) is 12.4 Å². The van der Waals surface area contributed by atoms with Crippen LogP contribution in [0.4, 0.5) is 0 Å². The van der Waals surface area contributed by atoms with E-state index in [-0.39, 0.29) is 12.3 Å². The predicted octanol–water partition coefficient (Wildman–Crippen LogP) is 1.02. The summed E-state index contributed by atoms with van der Waals surface area (Å²) >= 11 is 0. The number of hydrogen-bond donors (Lipinski definition) is 2. The number of nitrogens with zero attached hydrogens (tertiary/aromatic N) is 1. The van der Waals surface area contributed by atoms with Gasteiger partial charge < -0.3 is 20.5 Å². The number of benzene rings is 1. The molecule has 0 radical (unpaired) electrons. The lowest BCUT2D eigenvalue weighted by Crippen LogP contribution is -2.46. The summed E-state index contributed by atoms with van der Waals surface area (Å²) in [5.41, 5.74) is 6.68. The van der Waals surface area contributed by atoms with Gasteiger partial charge in [-0.15, -0.1) is 0 Å². The molecule has 0 saturated heterocycles. The number of nitrogens with two attached hydrogens (primary N) is 1. The number of hydrogen-bond acceptors (Lipinski definition) is 4. The zero-order valence-electron chi connectivity index (χ0n) is 12.4. The Labute approximate surface area is 124 Å². The van der Waals surface area contributed by atoms with Gasteiger partial charge in [-0.05, 0) is 31.5 Å². The van der Waals surface area contributed by atoms with Crippen molar-refractivity contribution in [1.82, 2.24) is 4.90 Å². The maximum absolute atomic E-state index is 12.0.